The van der Waals surface area contributed by atoms with Crippen LogP contribution in [-0.4, -0.2) is 15.0 Å². The molecule has 9 rings (SSSR count). The van der Waals surface area contributed by atoms with E-state index >= 15 is 0 Å². The van der Waals surface area contributed by atoms with Gasteiger partial charge in [0.25, 0.3) is 0 Å². The zero-order chi connectivity index (χ0) is 42.5. The van der Waals surface area contributed by atoms with Gasteiger partial charge in [-0.05, 0) is 61.8 Å². The van der Waals surface area contributed by atoms with Crippen molar-refractivity contribution in [2.75, 3.05) is 0 Å². The van der Waals surface area contributed by atoms with Crippen molar-refractivity contribution >= 4 is 32.3 Å². The molecule has 13 heteroatoms. The van der Waals surface area contributed by atoms with E-state index in [4.69, 9.17) is 0 Å². The minimum atomic E-state index is -4.35. The molecule has 0 atom stereocenters. The summed E-state index contributed by atoms with van der Waals surface area (Å²) in [5, 5.41) is 5.57. The fourth-order valence-electron chi connectivity index (χ4n) is 6.19. The Morgan fingerprint density at radius 2 is 0.770 bits per heavy atom. The van der Waals surface area contributed by atoms with Crippen LogP contribution in [0.15, 0.2) is 158 Å². The minimum absolute atomic E-state index is 0. The van der Waals surface area contributed by atoms with Crippen LogP contribution in [0.4, 0.5) is 39.5 Å². The van der Waals surface area contributed by atoms with Crippen molar-refractivity contribution in [2.24, 2.45) is 0 Å². The molecule has 3 aromatic heterocycles. The summed E-state index contributed by atoms with van der Waals surface area (Å²) in [6.07, 6.45) is -5.27. The molecule has 61 heavy (non-hydrogen) atoms. The number of halogens is 9. The molecule has 3 nitrogen and oxygen atoms in total. The number of pyridine rings is 3. The smallest absolute Gasteiger partial charge is 0.370 e. The van der Waals surface area contributed by atoms with Crippen molar-refractivity contribution in [3.63, 3.8) is 0 Å². The Hall–Kier alpha value is -6.43. The van der Waals surface area contributed by atoms with Crippen LogP contribution in [0.3, 0.4) is 0 Å². The Morgan fingerprint density at radius 1 is 0.393 bits per heavy atom. The molecule has 6 aromatic carbocycles. The Balaban J connectivity index is 0.000000152. The summed E-state index contributed by atoms with van der Waals surface area (Å²) >= 11 is 0. The van der Waals surface area contributed by atoms with Crippen molar-refractivity contribution in [3.05, 3.63) is 199 Å². The number of alkyl halides is 9. The molecule has 1 radical (unpaired) electrons. The molecule has 0 aliphatic rings. The number of hydrogen-bond donors (Lipinski definition) is 0. The maximum Gasteiger partial charge on any atom is 0.381 e. The fraction of sp³-hybridized carbons (Fsp3) is 0.0625. The van der Waals surface area contributed by atoms with Crippen LogP contribution in [0.1, 0.15) is 16.7 Å². The van der Waals surface area contributed by atoms with E-state index in [0.29, 0.717) is 33.6 Å². The molecule has 0 saturated carbocycles. The van der Waals surface area contributed by atoms with Gasteiger partial charge in [0.2, 0.25) is 0 Å². The quantitative estimate of drug-likeness (QED) is 0.131. The van der Waals surface area contributed by atoms with Crippen molar-refractivity contribution in [2.45, 2.75) is 18.5 Å². The number of benzene rings is 6. The molecule has 0 amide bonds. The zero-order valence-corrected chi connectivity index (χ0v) is 33.5. The Bertz CT molecular complexity index is 2540. The Morgan fingerprint density at radius 3 is 1.16 bits per heavy atom. The second-order valence-electron chi connectivity index (χ2n) is 13.1. The molecule has 9 aromatic rings. The van der Waals surface area contributed by atoms with E-state index in [0.717, 1.165) is 68.7 Å². The maximum absolute atomic E-state index is 12.5. The van der Waals surface area contributed by atoms with Gasteiger partial charge in [-0.25, -0.2) is 5.56 Å². The van der Waals surface area contributed by atoms with E-state index in [1.165, 1.54) is 18.2 Å². The van der Waals surface area contributed by atoms with E-state index in [1.807, 2.05) is 84.9 Å². The molecular formula is C48H26F9IrN3-4. The first-order chi connectivity index (χ1) is 28.7. The number of rotatable bonds is 3. The van der Waals surface area contributed by atoms with E-state index < -0.39 is 35.2 Å². The third-order valence-corrected chi connectivity index (χ3v) is 9.16. The standard InChI is InChI=1S/C16H8F3N.2C16H9F3N.Ir/c17-16(18,19)13-7-5-11(6-8-13)15-10-20-9-12-3-1-2-4-14(12)15;2*17-16(18,19)13-7-5-12(6-8-13)15-14-4-2-1-3-11(14)9-10-20-15;/h1-5,7-9H;2*1-5,7-10H;/q-2;2*-1;. The van der Waals surface area contributed by atoms with Gasteiger partial charge in [-0.15, -0.1) is 83.2 Å². The van der Waals surface area contributed by atoms with E-state index in [2.05, 4.69) is 39.3 Å². The predicted octanol–water partition coefficient (Wildman–Crippen LogP) is 14.0. The second-order valence-corrected chi connectivity index (χ2v) is 13.1. The zero-order valence-electron chi connectivity index (χ0n) is 31.1. The molecule has 309 valence electrons. The largest absolute Gasteiger partial charge is 0.381 e. The van der Waals surface area contributed by atoms with Crippen molar-refractivity contribution in [3.8, 4) is 33.6 Å². The van der Waals surface area contributed by atoms with Crippen LogP contribution >= 0.6 is 0 Å². The third-order valence-electron chi connectivity index (χ3n) is 9.16. The summed E-state index contributed by atoms with van der Waals surface area (Å²) in [6.45, 7) is 0. The molecule has 0 unspecified atom stereocenters. The van der Waals surface area contributed by atoms with Crippen LogP contribution in [0, 0.1) is 24.4 Å². The van der Waals surface area contributed by atoms with Crippen molar-refractivity contribution < 1.29 is 59.6 Å². The van der Waals surface area contributed by atoms with Gasteiger partial charge in [-0.1, -0.05) is 84.5 Å². The molecule has 0 saturated heterocycles. The summed E-state index contributed by atoms with van der Waals surface area (Å²) in [4.78, 5) is 12.5. The third kappa shape index (κ3) is 10.5. The monoisotopic (exact) mass is 1010 g/mol. The molecule has 0 spiro atoms. The number of fused-ring (bicyclic) bond motifs is 3. The van der Waals surface area contributed by atoms with E-state index in [-0.39, 0.29) is 20.1 Å². The van der Waals surface area contributed by atoms with Gasteiger partial charge in [0.15, 0.2) is 0 Å². The van der Waals surface area contributed by atoms with Crippen LogP contribution in [0.2, 0.25) is 0 Å². The molecule has 0 fully saturated rings. The summed E-state index contributed by atoms with van der Waals surface area (Å²) in [5.41, 5.74) is 1.44. The Labute approximate surface area is 356 Å². The molecule has 0 N–H and O–H groups in total. The summed E-state index contributed by atoms with van der Waals surface area (Å²) < 4.78 is 113. The maximum atomic E-state index is 12.5. The molecule has 0 bridgehead atoms. The minimum Gasteiger partial charge on any atom is -0.370 e. The van der Waals surface area contributed by atoms with Crippen molar-refractivity contribution in [1.29, 1.82) is 0 Å². The average molecular weight is 1010 g/mol. The van der Waals surface area contributed by atoms with Crippen LogP contribution in [-0.2, 0) is 38.6 Å². The summed E-state index contributed by atoms with van der Waals surface area (Å²) in [5.74, 6) is 0. The average Bonchev–Trinajstić information content (AvgIpc) is 3.25. The van der Waals surface area contributed by atoms with Gasteiger partial charge < -0.3 is 15.0 Å². The van der Waals surface area contributed by atoms with Gasteiger partial charge in [-0.3, -0.25) is 0 Å². The first-order valence-electron chi connectivity index (χ1n) is 17.9. The second kappa shape index (κ2) is 18.5. The first kappa shape index (κ1) is 44.1. The number of hydrogen-bond acceptors (Lipinski definition) is 3. The number of nitrogens with zero attached hydrogens (tertiary/aromatic N) is 3. The molecule has 0 aliphatic carbocycles. The SMILES string of the molecule is FC(F)(F)c1c[c-]c(-c2[c-]ncc3ccccc23)cc1.FC(F)(F)c1c[c-]c(-c2nccc3ccccc23)cc1.FC(F)(F)c1c[c-]c(-c2nccc3ccccc23)cc1.[Ir]. The Kier molecular flexibility index (Phi) is 13.3. The van der Waals surface area contributed by atoms with Gasteiger partial charge in [0.05, 0.1) is 0 Å². The predicted molar refractivity (Wildman–Crippen MR) is 212 cm³/mol. The van der Waals surface area contributed by atoms with Crippen LogP contribution in [0.25, 0.3) is 66.0 Å². The summed E-state index contributed by atoms with van der Waals surface area (Å²) in [7, 11) is 0. The molecular weight excluding hydrogens is 982 g/mol. The molecule has 3 heterocycles. The van der Waals surface area contributed by atoms with Gasteiger partial charge in [0.1, 0.15) is 0 Å². The van der Waals surface area contributed by atoms with Gasteiger partial charge in [-0.2, -0.15) is 57.2 Å². The molecule has 0 aliphatic heterocycles. The summed E-state index contributed by atoms with van der Waals surface area (Å²) in [6, 6.07) is 44.7. The van der Waals surface area contributed by atoms with Crippen molar-refractivity contribution in [1.82, 2.24) is 15.0 Å². The van der Waals surface area contributed by atoms with Crippen LogP contribution < -0.4 is 0 Å². The number of aromatic nitrogens is 3. The van der Waals surface area contributed by atoms with E-state index in [1.54, 1.807) is 18.6 Å². The van der Waals surface area contributed by atoms with Gasteiger partial charge in [0, 0.05) is 32.5 Å². The topological polar surface area (TPSA) is 38.7 Å². The first-order valence-corrected chi connectivity index (χ1v) is 17.9. The van der Waals surface area contributed by atoms with Crippen LogP contribution in [0.5, 0.6) is 0 Å². The normalized spacial score (nSPS) is 11.6. The van der Waals surface area contributed by atoms with E-state index in [9.17, 15) is 39.5 Å². The van der Waals surface area contributed by atoms with Gasteiger partial charge >= 0.3 is 18.5 Å². The fourth-order valence-corrected chi connectivity index (χ4v) is 6.19.